The highest BCUT2D eigenvalue weighted by atomic mass is 35.5. The van der Waals surface area contributed by atoms with Crippen molar-refractivity contribution >= 4 is 28.5 Å². The van der Waals surface area contributed by atoms with E-state index in [-0.39, 0.29) is 0 Å². The van der Waals surface area contributed by atoms with E-state index in [2.05, 4.69) is 21.8 Å². The molecule has 2 heterocycles. The van der Waals surface area contributed by atoms with Crippen molar-refractivity contribution < 1.29 is 0 Å². The van der Waals surface area contributed by atoms with E-state index in [1.165, 1.54) is 0 Å². The van der Waals surface area contributed by atoms with Gasteiger partial charge in [0.1, 0.15) is 5.52 Å². The molecule has 0 N–H and O–H groups in total. The average molecular weight is 239 g/mol. The Morgan fingerprint density at radius 3 is 2.94 bits per heavy atom. The van der Waals surface area contributed by atoms with Gasteiger partial charge in [-0.3, -0.25) is 0 Å². The highest BCUT2D eigenvalue weighted by molar-refractivity contribution is 6.18. The van der Waals surface area contributed by atoms with Gasteiger partial charge in [0.2, 0.25) is 0 Å². The van der Waals surface area contributed by atoms with Crippen molar-refractivity contribution in [3.05, 3.63) is 18.6 Å². The zero-order valence-electron chi connectivity index (χ0n) is 9.52. The van der Waals surface area contributed by atoms with Crippen LogP contribution in [0, 0.1) is 0 Å². The smallest absolute Gasteiger partial charge is 0.156 e. The topological polar surface area (TPSA) is 34.0 Å². The van der Waals surface area contributed by atoms with Crippen molar-refractivity contribution in [1.29, 1.82) is 0 Å². The van der Waals surface area contributed by atoms with Crippen LogP contribution in [0.15, 0.2) is 18.6 Å². The van der Waals surface area contributed by atoms with Crippen LogP contribution < -0.4 is 4.90 Å². The van der Waals surface area contributed by atoms with Crippen LogP contribution >= 0.6 is 11.6 Å². The minimum absolute atomic E-state index is 0.596. The van der Waals surface area contributed by atoms with Crippen LogP contribution in [0.3, 0.4) is 0 Å². The first-order valence-corrected chi connectivity index (χ1v) is 5.88. The summed E-state index contributed by atoms with van der Waals surface area (Å²) < 4.78 is 2.00. The Morgan fingerprint density at radius 2 is 2.25 bits per heavy atom. The molecule has 0 bridgehead atoms. The lowest BCUT2D eigenvalue weighted by Gasteiger charge is -2.20. The number of pyridine rings is 1. The van der Waals surface area contributed by atoms with Gasteiger partial charge in [0, 0.05) is 32.2 Å². The number of aromatic nitrogens is 3. The highest BCUT2D eigenvalue weighted by Crippen LogP contribution is 2.22. The van der Waals surface area contributed by atoms with Gasteiger partial charge in [0.05, 0.1) is 11.8 Å². The fourth-order valence-electron chi connectivity index (χ4n) is 1.80. The van der Waals surface area contributed by atoms with Gasteiger partial charge in [0.15, 0.2) is 5.82 Å². The van der Waals surface area contributed by atoms with Crippen molar-refractivity contribution in [3.63, 3.8) is 0 Å². The third-order valence-electron chi connectivity index (χ3n) is 2.66. The van der Waals surface area contributed by atoms with Gasteiger partial charge < -0.3 is 9.47 Å². The molecule has 0 spiro atoms. The second kappa shape index (κ2) is 4.70. The molecule has 16 heavy (non-hydrogen) atoms. The molecule has 2 aromatic heterocycles. The SMILES string of the molecule is CCN(CCCl)c1nccc2c1ncn2C. The number of nitrogens with zero attached hydrogens (tertiary/aromatic N) is 4. The molecule has 0 saturated carbocycles. The summed E-state index contributed by atoms with van der Waals surface area (Å²) in [6, 6.07) is 1.97. The molecule has 0 unspecified atom stereocenters. The minimum atomic E-state index is 0.596. The average Bonchev–Trinajstić information content (AvgIpc) is 2.68. The van der Waals surface area contributed by atoms with Gasteiger partial charge in [-0.2, -0.15) is 0 Å². The van der Waals surface area contributed by atoms with Crippen LogP contribution in [0.4, 0.5) is 5.82 Å². The lowest BCUT2D eigenvalue weighted by Crippen LogP contribution is -2.26. The molecule has 0 radical (unpaired) electrons. The summed E-state index contributed by atoms with van der Waals surface area (Å²) in [5.41, 5.74) is 2.04. The molecule has 86 valence electrons. The Hall–Kier alpha value is -1.29. The van der Waals surface area contributed by atoms with Gasteiger partial charge in [-0.15, -0.1) is 11.6 Å². The first-order chi connectivity index (χ1) is 7.77. The fraction of sp³-hybridized carbons (Fsp3) is 0.455. The van der Waals surface area contributed by atoms with E-state index in [1.807, 2.05) is 30.2 Å². The summed E-state index contributed by atoms with van der Waals surface area (Å²) in [6.07, 6.45) is 3.63. The number of hydrogen-bond donors (Lipinski definition) is 0. The number of aryl methyl sites for hydroxylation is 1. The Bertz CT molecular complexity index is 480. The highest BCUT2D eigenvalue weighted by Gasteiger charge is 2.12. The molecule has 0 aliphatic carbocycles. The Labute approximate surface area is 99.9 Å². The van der Waals surface area contributed by atoms with E-state index < -0.39 is 0 Å². The number of halogens is 1. The molecule has 0 aliphatic rings. The van der Waals surface area contributed by atoms with Crippen molar-refractivity contribution in [2.45, 2.75) is 6.92 Å². The molecule has 2 aromatic rings. The zero-order valence-corrected chi connectivity index (χ0v) is 10.3. The number of alkyl halides is 1. The lowest BCUT2D eigenvalue weighted by atomic mass is 10.3. The van der Waals surface area contributed by atoms with E-state index in [0.29, 0.717) is 5.88 Å². The molecule has 5 heteroatoms. The quantitative estimate of drug-likeness (QED) is 0.765. The van der Waals surface area contributed by atoms with E-state index in [1.54, 1.807) is 0 Å². The summed E-state index contributed by atoms with van der Waals surface area (Å²) in [4.78, 5) is 10.9. The van der Waals surface area contributed by atoms with Crippen LogP contribution in [0.5, 0.6) is 0 Å². The Balaban J connectivity index is 2.50. The summed E-state index contributed by atoms with van der Waals surface area (Å²) in [5, 5.41) is 0. The maximum Gasteiger partial charge on any atom is 0.156 e. The van der Waals surface area contributed by atoms with Crippen LogP contribution in [-0.4, -0.2) is 33.5 Å². The standard InChI is InChI=1S/C11H15ClN4/c1-3-16(7-5-12)11-10-9(4-6-13-11)15(2)8-14-10/h4,6,8H,3,5,7H2,1-2H3. The molecule has 0 atom stereocenters. The number of hydrogen-bond acceptors (Lipinski definition) is 3. The maximum absolute atomic E-state index is 5.79. The largest absolute Gasteiger partial charge is 0.354 e. The van der Waals surface area contributed by atoms with Crippen molar-refractivity contribution in [2.75, 3.05) is 23.9 Å². The van der Waals surface area contributed by atoms with Gasteiger partial charge in [0.25, 0.3) is 0 Å². The van der Waals surface area contributed by atoms with Crippen LogP contribution in [0.25, 0.3) is 11.0 Å². The monoisotopic (exact) mass is 238 g/mol. The van der Waals surface area contributed by atoms with E-state index in [4.69, 9.17) is 11.6 Å². The maximum atomic E-state index is 5.79. The van der Waals surface area contributed by atoms with Crippen LogP contribution in [0.1, 0.15) is 6.92 Å². The molecular weight excluding hydrogens is 224 g/mol. The molecule has 0 aliphatic heterocycles. The van der Waals surface area contributed by atoms with Gasteiger partial charge >= 0.3 is 0 Å². The second-order valence-electron chi connectivity index (χ2n) is 3.63. The molecular formula is C11H15ClN4. The Kier molecular flexibility index (Phi) is 3.29. The minimum Gasteiger partial charge on any atom is -0.354 e. The van der Waals surface area contributed by atoms with E-state index >= 15 is 0 Å². The molecule has 0 fully saturated rings. The van der Waals surface area contributed by atoms with Crippen LogP contribution in [-0.2, 0) is 7.05 Å². The zero-order chi connectivity index (χ0) is 11.5. The number of anilines is 1. The molecule has 0 aromatic carbocycles. The predicted molar refractivity (Wildman–Crippen MR) is 67.1 cm³/mol. The van der Waals surface area contributed by atoms with Crippen molar-refractivity contribution in [1.82, 2.24) is 14.5 Å². The summed E-state index contributed by atoms with van der Waals surface area (Å²) in [6.45, 7) is 3.77. The number of fused-ring (bicyclic) bond motifs is 1. The first-order valence-electron chi connectivity index (χ1n) is 5.35. The molecule has 0 saturated heterocycles. The Morgan fingerprint density at radius 1 is 1.44 bits per heavy atom. The van der Waals surface area contributed by atoms with Crippen molar-refractivity contribution in [2.24, 2.45) is 7.05 Å². The van der Waals surface area contributed by atoms with Crippen molar-refractivity contribution in [3.8, 4) is 0 Å². The molecule has 0 amide bonds. The summed E-state index contributed by atoms with van der Waals surface area (Å²) >= 11 is 5.79. The molecule has 4 nitrogen and oxygen atoms in total. The van der Waals surface area contributed by atoms with Gasteiger partial charge in [-0.25, -0.2) is 9.97 Å². The normalized spacial score (nSPS) is 10.9. The fourth-order valence-corrected chi connectivity index (χ4v) is 2.00. The number of imidazole rings is 1. The van der Waals surface area contributed by atoms with E-state index in [0.717, 1.165) is 29.9 Å². The third-order valence-corrected chi connectivity index (χ3v) is 2.83. The van der Waals surface area contributed by atoms with E-state index in [9.17, 15) is 0 Å². The van der Waals surface area contributed by atoms with Gasteiger partial charge in [-0.05, 0) is 13.0 Å². The number of rotatable bonds is 4. The molecule has 2 rings (SSSR count). The predicted octanol–water partition coefficient (Wildman–Crippen LogP) is 2.03. The summed E-state index contributed by atoms with van der Waals surface area (Å²) in [7, 11) is 1.98. The first kappa shape index (κ1) is 11.2. The van der Waals surface area contributed by atoms with Crippen LogP contribution in [0.2, 0.25) is 0 Å². The lowest BCUT2D eigenvalue weighted by molar-refractivity contribution is 0.853. The third kappa shape index (κ3) is 1.85. The van der Waals surface area contributed by atoms with Gasteiger partial charge in [-0.1, -0.05) is 0 Å². The summed E-state index contributed by atoms with van der Waals surface area (Å²) in [5.74, 6) is 1.51. The second-order valence-corrected chi connectivity index (χ2v) is 4.00.